The van der Waals surface area contributed by atoms with E-state index in [-0.39, 0.29) is 30.6 Å². The number of amides is 1. The molecule has 0 spiro atoms. The van der Waals surface area contributed by atoms with Crippen molar-refractivity contribution in [1.29, 1.82) is 0 Å². The number of primary amides is 1. The minimum atomic E-state index is -4.92. The number of benzene rings is 2. The maximum absolute atomic E-state index is 13.2. The molecule has 1 saturated carbocycles. The average Bonchev–Trinajstić information content (AvgIpc) is 2.68. The standard InChI is InChI=1S/C23H23F6NO2/c1-14(16-8-18(22(24,25)26)10-19(9-16)23(27,28)29)32-13-21(17-5-3-2-4-6-17)11-15(12-21)7-20(30)31/h2-6,8-10,14-15H,7,11-13H2,1H3,(H2,30,31)/t14-,15-,21+/m1/s1. The van der Waals surface area contributed by atoms with Crippen molar-refractivity contribution in [3.63, 3.8) is 0 Å². The highest BCUT2D eigenvalue weighted by atomic mass is 19.4. The van der Waals surface area contributed by atoms with Crippen LogP contribution in [0.5, 0.6) is 0 Å². The molecular formula is C23H23F6NO2. The van der Waals surface area contributed by atoms with E-state index in [1.54, 1.807) is 0 Å². The van der Waals surface area contributed by atoms with Crippen molar-refractivity contribution in [1.82, 2.24) is 0 Å². The Morgan fingerprint density at radius 3 is 2.03 bits per heavy atom. The van der Waals surface area contributed by atoms with Crippen LogP contribution in [-0.4, -0.2) is 12.5 Å². The number of ether oxygens (including phenoxy) is 1. The van der Waals surface area contributed by atoms with Crippen molar-refractivity contribution in [2.75, 3.05) is 6.61 Å². The zero-order valence-electron chi connectivity index (χ0n) is 17.3. The van der Waals surface area contributed by atoms with Gasteiger partial charge in [-0.05, 0) is 55.0 Å². The maximum Gasteiger partial charge on any atom is 0.416 e. The number of carbonyl (C=O) groups excluding carboxylic acids is 1. The van der Waals surface area contributed by atoms with E-state index in [1.165, 1.54) is 6.92 Å². The van der Waals surface area contributed by atoms with Crippen molar-refractivity contribution in [3.8, 4) is 0 Å². The number of alkyl halides is 6. The Hall–Kier alpha value is -2.55. The third-order valence-electron chi connectivity index (χ3n) is 5.92. The number of carbonyl (C=O) groups is 1. The predicted molar refractivity (Wildman–Crippen MR) is 105 cm³/mol. The molecule has 1 atom stereocenters. The lowest BCUT2D eigenvalue weighted by molar-refractivity contribution is -0.143. The fourth-order valence-electron chi connectivity index (χ4n) is 4.30. The molecule has 2 N–H and O–H groups in total. The summed E-state index contributed by atoms with van der Waals surface area (Å²) in [6.45, 7) is 1.51. The van der Waals surface area contributed by atoms with Gasteiger partial charge in [0.05, 0.1) is 23.8 Å². The Balaban J connectivity index is 1.82. The van der Waals surface area contributed by atoms with E-state index in [1.807, 2.05) is 30.3 Å². The summed E-state index contributed by atoms with van der Waals surface area (Å²) in [6, 6.07) is 10.8. The minimum absolute atomic E-state index is 0.0528. The van der Waals surface area contributed by atoms with E-state index < -0.39 is 40.9 Å². The van der Waals surface area contributed by atoms with Crippen molar-refractivity contribution < 1.29 is 35.9 Å². The van der Waals surface area contributed by atoms with E-state index >= 15 is 0 Å². The zero-order chi connectivity index (χ0) is 23.7. The monoisotopic (exact) mass is 459 g/mol. The van der Waals surface area contributed by atoms with Gasteiger partial charge in [-0.3, -0.25) is 4.79 Å². The van der Waals surface area contributed by atoms with Crippen LogP contribution in [0.2, 0.25) is 0 Å². The topological polar surface area (TPSA) is 52.3 Å². The summed E-state index contributed by atoms with van der Waals surface area (Å²) in [5, 5.41) is 0. The molecule has 0 heterocycles. The van der Waals surface area contributed by atoms with Crippen LogP contribution in [0.4, 0.5) is 26.3 Å². The summed E-state index contributed by atoms with van der Waals surface area (Å²) in [7, 11) is 0. The Labute approximate surface area is 181 Å². The van der Waals surface area contributed by atoms with Gasteiger partial charge in [-0.1, -0.05) is 30.3 Å². The molecule has 2 aromatic rings. The first kappa shape index (κ1) is 24.1. The van der Waals surface area contributed by atoms with E-state index in [0.29, 0.717) is 25.0 Å². The van der Waals surface area contributed by atoms with Crippen LogP contribution >= 0.6 is 0 Å². The van der Waals surface area contributed by atoms with Gasteiger partial charge in [0.1, 0.15) is 0 Å². The lowest BCUT2D eigenvalue weighted by Gasteiger charge is -2.48. The summed E-state index contributed by atoms with van der Waals surface area (Å²) < 4.78 is 84.8. The summed E-state index contributed by atoms with van der Waals surface area (Å²) in [6.07, 6.45) is -9.46. The summed E-state index contributed by atoms with van der Waals surface area (Å²) in [5.41, 5.74) is 2.77. The molecule has 32 heavy (non-hydrogen) atoms. The second-order valence-electron chi connectivity index (χ2n) is 8.38. The molecule has 0 radical (unpaired) electrons. The number of hydrogen-bond acceptors (Lipinski definition) is 2. The van der Waals surface area contributed by atoms with Crippen LogP contribution in [0, 0.1) is 5.92 Å². The van der Waals surface area contributed by atoms with Crippen molar-refractivity contribution in [2.24, 2.45) is 11.7 Å². The fourth-order valence-corrected chi connectivity index (χ4v) is 4.30. The Morgan fingerprint density at radius 1 is 1.03 bits per heavy atom. The van der Waals surface area contributed by atoms with Crippen LogP contribution in [0.1, 0.15) is 54.5 Å². The van der Waals surface area contributed by atoms with Gasteiger partial charge in [0.2, 0.25) is 5.91 Å². The smallest absolute Gasteiger partial charge is 0.373 e. The van der Waals surface area contributed by atoms with Crippen molar-refractivity contribution in [3.05, 3.63) is 70.8 Å². The van der Waals surface area contributed by atoms with Gasteiger partial charge in [0.15, 0.2) is 0 Å². The molecule has 3 nitrogen and oxygen atoms in total. The van der Waals surface area contributed by atoms with E-state index in [9.17, 15) is 31.1 Å². The SMILES string of the molecule is C[C@@H](OC[C@]1(c2ccccc2)C[C@@H](CC(N)=O)C1)c1cc(C(F)(F)F)cc(C(F)(F)F)c1. The van der Waals surface area contributed by atoms with E-state index in [4.69, 9.17) is 10.5 Å². The predicted octanol–water partition coefficient (Wildman–Crippen LogP) is 6.03. The summed E-state index contributed by atoms with van der Waals surface area (Å²) in [5.74, 6) is -0.369. The number of hydrogen-bond donors (Lipinski definition) is 1. The molecule has 0 saturated heterocycles. The first-order valence-corrected chi connectivity index (χ1v) is 10.0. The van der Waals surface area contributed by atoms with Gasteiger partial charge in [0.25, 0.3) is 0 Å². The van der Waals surface area contributed by atoms with Gasteiger partial charge >= 0.3 is 12.4 Å². The number of halogens is 6. The van der Waals surface area contributed by atoms with Gasteiger partial charge in [-0.15, -0.1) is 0 Å². The Kier molecular flexibility index (Phi) is 6.60. The summed E-state index contributed by atoms with van der Waals surface area (Å²) in [4.78, 5) is 11.2. The third kappa shape index (κ3) is 5.43. The molecule has 0 aliphatic heterocycles. The normalized spacial score (nSPS) is 22.3. The van der Waals surface area contributed by atoms with Crippen LogP contribution in [0.25, 0.3) is 0 Å². The second-order valence-corrected chi connectivity index (χ2v) is 8.38. The molecule has 1 amide bonds. The fraction of sp³-hybridized carbons (Fsp3) is 0.435. The van der Waals surface area contributed by atoms with Gasteiger partial charge in [-0.25, -0.2) is 0 Å². The largest absolute Gasteiger partial charge is 0.416 e. The summed E-state index contributed by atoms with van der Waals surface area (Å²) >= 11 is 0. The molecule has 0 bridgehead atoms. The van der Waals surface area contributed by atoms with Crippen molar-refractivity contribution >= 4 is 5.91 Å². The first-order chi connectivity index (χ1) is 14.8. The molecule has 0 unspecified atom stereocenters. The molecule has 1 aliphatic rings. The molecule has 3 rings (SSSR count). The van der Waals surface area contributed by atoms with Crippen LogP contribution in [0.15, 0.2) is 48.5 Å². The van der Waals surface area contributed by atoms with Gasteiger partial charge in [0, 0.05) is 11.8 Å². The third-order valence-corrected chi connectivity index (χ3v) is 5.92. The minimum Gasteiger partial charge on any atom is -0.373 e. The highest BCUT2D eigenvalue weighted by Crippen LogP contribution is 2.50. The van der Waals surface area contributed by atoms with Crippen molar-refractivity contribution in [2.45, 2.75) is 50.1 Å². The Bertz CT molecular complexity index is 917. The molecular weight excluding hydrogens is 436 g/mol. The lowest BCUT2D eigenvalue weighted by atomic mass is 9.58. The van der Waals surface area contributed by atoms with Gasteiger partial charge in [-0.2, -0.15) is 26.3 Å². The molecule has 9 heteroatoms. The maximum atomic E-state index is 13.2. The Morgan fingerprint density at radius 2 is 1.56 bits per heavy atom. The molecule has 2 aromatic carbocycles. The zero-order valence-corrected chi connectivity index (χ0v) is 17.3. The van der Waals surface area contributed by atoms with Gasteiger partial charge < -0.3 is 10.5 Å². The van der Waals surface area contributed by atoms with Crippen LogP contribution < -0.4 is 5.73 Å². The van der Waals surface area contributed by atoms with E-state index in [0.717, 1.165) is 5.56 Å². The quantitative estimate of drug-likeness (QED) is 0.515. The molecule has 1 fully saturated rings. The van der Waals surface area contributed by atoms with E-state index in [2.05, 4.69) is 0 Å². The number of rotatable bonds is 7. The number of nitrogens with two attached hydrogens (primary N) is 1. The average molecular weight is 459 g/mol. The lowest BCUT2D eigenvalue weighted by Crippen LogP contribution is -2.46. The first-order valence-electron chi connectivity index (χ1n) is 10.0. The highest BCUT2D eigenvalue weighted by Gasteiger charge is 2.46. The highest BCUT2D eigenvalue weighted by molar-refractivity contribution is 5.74. The molecule has 174 valence electrons. The molecule has 1 aliphatic carbocycles. The second kappa shape index (κ2) is 8.77. The van der Waals surface area contributed by atoms with Crippen LogP contribution in [-0.2, 0) is 27.3 Å². The van der Waals surface area contributed by atoms with Crippen LogP contribution in [0.3, 0.4) is 0 Å². The molecule has 0 aromatic heterocycles.